The molecule has 1 N–H and O–H groups in total. The number of likely N-dealkylation sites (tertiary alicyclic amines) is 1. The average Bonchev–Trinajstić information content (AvgIpc) is 2.97. The first-order valence-corrected chi connectivity index (χ1v) is 11.1. The van der Waals surface area contributed by atoms with Crippen LogP contribution in [0, 0.1) is 0 Å². The van der Waals surface area contributed by atoms with Crippen molar-refractivity contribution >= 4 is 32.7 Å². The number of nitrogens with one attached hydrogen (secondary N) is 1. The van der Waals surface area contributed by atoms with E-state index in [1.165, 1.54) is 49.4 Å². The number of hydrogen-bond donors (Lipinski definition) is 1. The normalized spacial score (nSPS) is 21.7. The molecule has 6 nitrogen and oxygen atoms in total. The summed E-state index contributed by atoms with van der Waals surface area (Å²) in [6.07, 6.45) is 10.4. The van der Waals surface area contributed by atoms with Crippen LogP contribution in [0.3, 0.4) is 0 Å². The number of nitrogens with zero attached hydrogens (tertiary/aromatic N) is 3. The number of hydrogen-bond acceptors (Lipinski definition) is 4. The predicted octanol–water partition coefficient (Wildman–Crippen LogP) is 3.07. The van der Waals surface area contributed by atoms with Gasteiger partial charge in [-0.3, -0.25) is 19.1 Å². The lowest BCUT2D eigenvalue weighted by Crippen LogP contribution is -2.42. The minimum atomic E-state index is -0.187. The molecule has 1 atom stereocenters. The van der Waals surface area contributed by atoms with Crippen molar-refractivity contribution < 1.29 is 4.79 Å². The Balaban J connectivity index is 1.36. The fraction of sp³-hybridized carbons (Fsp3) is 0.571. The third-order valence-corrected chi connectivity index (χ3v) is 6.52. The molecular formula is C21H27BrN4O2. The van der Waals surface area contributed by atoms with E-state index in [1.54, 1.807) is 12.1 Å². The van der Waals surface area contributed by atoms with Crippen LogP contribution >= 0.6 is 15.9 Å². The van der Waals surface area contributed by atoms with E-state index in [1.807, 2.05) is 6.07 Å². The summed E-state index contributed by atoms with van der Waals surface area (Å²) in [4.78, 5) is 32.1. The van der Waals surface area contributed by atoms with Crippen molar-refractivity contribution in [3.63, 3.8) is 0 Å². The van der Waals surface area contributed by atoms with E-state index in [9.17, 15) is 9.59 Å². The first-order valence-electron chi connectivity index (χ1n) is 10.3. The van der Waals surface area contributed by atoms with Crippen LogP contribution in [-0.2, 0) is 11.3 Å². The highest BCUT2D eigenvalue weighted by Crippen LogP contribution is 2.25. The number of fused-ring (bicyclic) bond motifs is 1. The summed E-state index contributed by atoms with van der Waals surface area (Å²) in [7, 11) is 0. The lowest BCUT2D eigenvalue weighted by molar-refractivity contribution is -0.122. The summed E-state index contributed by atoms with van der Waals surface area (Å²) in [5.41, 5.74) is 0.452. The number of carbonyl (C=O) groups excluding carboxylic acids is 1. The van der Waals surface area contributed by atoms with Gasteiger partial charge in [-0.05, 0) is 37.5 Å². The Morgan fingerprint density at radius 3 is 2.75 bits per heavy atom. The molecule has 1 aromatic heterocycles. The van der Waals surface area contributed by atoms with Crippen LogP contribution in [0.1, 0.15) is 44.9 Å². The van der Waals surface area contributed by atoms with Crippen LogP contribution in [0.2, 0.25) is 0 Å². The van der Waals surface area contributed by atoms with Gasteiger partial charge in [0.2, 0.25) is 5.91 Å². The molecule has 7 heteroatoms. The molecule has 1 aromatic carbocycles. The number of halogens is 1. The van der Waals surface area contributed by atoms with Crippen LogP contribution in [0.25, 0.3) is 10.9 Å². The third-order valence-electron chi connectivity index (χ3n) is 6.03. The molecule has 1 saturated carbocycles. The second-order valence-corrected chi connectivity index (χ2v) is 8.95. The Labute approximate surface area is 173 Å². The van der Waals surface area contributed by atoms with Gasteiger partial charge in [0.05, 0.1) is 17.2 Å². The van der Waals surface area contributed by atoms with Crippen molar-refractivity contribution in [2.75, 3.05) is 13.1 Å². The van der Waals surface area contributed by atoms with Crippen molar-refractivity contribution in [1.29, 1.82) is 0 Å². The Bertz CT molecular complexity index is 905. The molecule has 2 heterocycles. The van der Waals surface area contributed by atoms with Crippen molar-refractivity contribution in [1.82, 2.24) is 19.8 Å². The monoisotopic (exact) mass is 446 g/mol. The van der Waals surface area contributed by atoms with Gasteiger partial charge in [-0.1, -0.05) is 41.6 Å². The Kier molecular flexibility index (Phi) is 6.11. The first-order chi connectivity index (χ1) is 13.6. The van der Waals surface area contributed by atoms with Gasteiger partial charge in [-0.25, -0.2) is 4.98 Å². The molecule has 150 valence electrons. The van der Waals surface area contributed by atoms with E-state index in [4.69, 9.17) is 0 Å². The van der Waals surface area contributed by atoms with E-state index < -0.39 is 0 Å². The molecule has 1 amide bonds. The molecule has 2 aromatic rings. The largest absolute Gasteiger partial charge is 0.350 e. The Morgan fingerprint density at radius 2 is 1.96 bits per heavy atom. The topological polar surface area (TPSA) is 67.2 Å². The smallest absolute Gasteiger partial charge is 0.261 e. The molecule has 4 rings (SSSR count). The van der Waals surface area contributed by atoms with Crippen LogP contribution in [0.15, 0.2) is 33.8 Å². The molecule has 0 radical (unpaired) electrons. The summed E-state index contributed by atoms with van der Waals surface area (Å²) in [6, 6.07) is 6.25. The van der Waals surface area contributed by atoms with Gasteiger partial charge in [-0.15, -0.1) is 0 Å². The molecule has 1 aliphatic carbocycles. The van der Waals surface area contributed by atoms with Crippen molar-refractivity contribution in [2.24, 2.45) is 0 Å². The van der Waals surface area contributed by atoms with Gasteiger partial charge >= 0.3 is 0 Å². The van der Waals surface area contributed by atoms with Gasteiger partial charge in [0.15, 0.2) is 0 Å². The molecule has 1 saturated heterocycles. The molecule has 2 fully saturated rings. The minimum absolute atomic E-state index is 0.00815. The van der Waals surface area contributed by atoms with Crippen LogP contribution < -0.4 is 10.9 Å². The summed E-state index contributed by atoms with van der Waals surface area (Å²) in [5, 5.41) is 3.64. The standard InChI is InChI=1S/C21H27BrN4O2/c22-15-7-8-19-18(11-15)21(28)26(14-23-19)13-20(27)24-16-9-10-25(12-16)17-5-3-1-2-4-6-17/h7-8,11,14,16-17H,1-6,9-10,12-13H2,(H,24,27). The van der Waals surface area contributed by atoms with Gasteiger partial charge in [0.1, 0.15) is 6.54 Å². The number of amides is 1. The molecule has 1 aliphatic heterocycles. The highest BCUT2D eigenvalue weighted by molar-refractivity contribution is 9.10. The quantitative estimate of drug-likeness (QED) is 0.732. The van der Waals surface area contributed by atoms with E-state index in [-0.39, 0.29) is 24.1 Å². The second kappa shape index (κ2) is 8.74. The van der Waals surface area contributed by atoms with E-state index in [2.05, 4.69) is 31.1 Å². The molecule has 1 unspecified atom stereocenters. The fourth-order valence-electron chi connectivity index (χ4n) is 4.53. The molecule has 0 spiro atoms. The summed E-state index contributed by atoms with van der Waals surface area (Å²) in [6.45, 7) is 1.99. The maximum absolute atomic E-state index is 12.7. The Hall–Kier alpha value is -1.73. The van der Waals surface area contributed by atoms with Crippen molar-refractivity contribution in [2.45, 2.75) is 63.6 Å². The third kappa shape index (κ3) is 4.46. The fourth-order valence-corrected chi connectivity index (χ4v) is 4.89. The maximum Gasteiger partial charge on any atom is 0.261 e. The zero-order valence-electron chi connectivity index (χ0n) is 16.1. The van der Waals surface area contributed by atoms with E-state index >= 15 is 0 Å². The number of carbonyl (C=O) groups is 1. The van der Waals surface area contributed by atoms with Crippen LogP contribution in [0.4, 0.5) is 0 Å². The van der Waals surface area contributed by atoms with Gasteiger partial charge in [0, 0.05) is 29.6 Å². The first kappa shape index (κ1) is 19.6. The lowest BCUT2D eigenvalue weighted by Gasteiger charge is -2.26. The SMILES string of the molecule is O=C(Cn1cnc2ccc(Br)cc2c1=O)NC1CCN(C2CCCCCC2)C1. The predicted molar refractivity (Wildman–Crippen MR) is 113 cm³/mol. The van der Waals surface area contributed by atoms with E-state index in [0.717, 1.165) is 24.0 Å². The Morgan fingerprint density at radius 1 is 1.18 bits per heavy atom. The van der Waals surface area contributed by atoms with Crippen molar-refractivity contribution in [3.05, 3.63) is 39.4 Å². The molecule has 28 heavy (non-hydrogen) atoms. The van der Waals surface area contributed by atoms with Gasteiger partial charge in [-0.2, -0.15) is 0 Å². The number of rotatable bonds is 4. The summed E-state index contributed by atoms with van der Waals surface area (Å²) in [5.74, 6) is -0.119. The van der Waals surface area contributed by atoms with E-state index in [0.29, 0.717) is 16.9 Å². The lowest BCUT2D eigenvalue weighted by atomic mass is 10.1. The molecular weight excluding hydrogens is 420 g/mol. The van der Waals surface area contributed by atoms with Gasteiger partial charge in [0.25, 0.3) is 5.56 Å². The maximum atomic E-state index is 12.7. The molecule has 0 bridgehead atoms. The second-order valence-electron chi connectivity index (χ2n) is 8.03. The molecule has 2 aliphatic rings. The summed E-state index contributed by atoms with van der Waals surface area (Å²) < 4.78 is 2.22. The van der Waals surface area contributed by atoms with Crippen molar-refractivity contribution in [3.8, 4) is 0 Å². The zero-order valence-corrected chi connectivity index (χ0v) is 17.7. The highest BCUT2D eigenvalue weighted by atomic mass is 79.9. The average molecular weight is 447 g/mol. The number of aromatic nitrogens is 2. The van der Waals surface area contributed by atoms with Crippen LogP contribution in [0.5, 0.6) is 0 Å². The number of benzene rings is 1. The zero-order chi connectivity index (χ0) is 19.5. The van der Waals surface area contributed by atoms with Gasteiger partial charge < -0.3 is 5.32 Å². The minimum Gasteiger partial charge on any atom is -0.350 e. The highest BCUT2D eigenvalue weighted by Gasteiger charge is 2.29. The summed E-state index contributed by atoms with van der Waals surface area (Å²) >= 11 is 3.38. The van der Waals surface area contributed by atoms with Crippen LogP contribution in [-0.4, -0.2) is 45.5 Å².